The smallest absolute Gasteiger partial charge is 0.317 e. The van der Waals surface area contributed by atoms with Gasteiger partial charge < -0.3 is 15.3 Å². The number of aliphatic carboxylic acids is 1. The molecular formula is C15H21BrN2O3. The lowest BCUT2D eigenvalue weighted by atomic mass is 10.1. The van der Waals surface area contributed by atoms with Crippen LogP contribution in [0.3, 0.4) is 0 Å². The van der Waals surface area contributed by atoms with Crippen molar-refractivity contribution in [3.05, 3.63) is 34.3 Å². The van der Waals surface area contributed by atoms with E-state index >= 15 is 0 Å². The maximum absolute atomic E-state index is 11.8. The molecule has 1 aromatic rings. The molecule has 1 rings (SSSR count). The number of urea groups is 1. The summed E-state index contributed by atoms with van der Waals surface area (Å²) in [6.45, 7) is 2.16. The maximum atomic E-state index is 11.8. The van der Waals surface area contributed by atoms with Crippen molar-refractivity contribution in [1.29, 1.82) is 0 Å². The van der Waals surface area contributed by atoms with Gasteiger partial charge in [-0.25, -0.2) is 4.79 Å². The second-order valence-corrected chi connectivity index (χ2v) is 6.00. The number of carboxylic acid groups (broad SMARTS) is 1. The number of carboxylic acids is 1. The molecule has 0 aliphatic rings. The Morgan fingerprint density at radius 3 is 2.52 bits per heavy atom. The zero-order valence-electron chi connectivity index (χ0n) is 12.3. The van der Waals surface area contributed by atoms with Gasteiger partial charge in [-0.3, -0.25) is 4.79 Å². The van der Waals surface area contributed by atoms with Crippen LogP contribution in [0.2, 0.25) is 0 Å². The third-order valence-electron chi connectivity index (χ3n) is 3.16. The highest BCUT2D eigenvalue weighted by molar-refractivity contribution is 9.10. The Bertz CT molecular complexity index is 476. The Labute approximate surface area is 133 Å². The van der Waals surface area contributed by atoms with Crippen LogP contribution in [0.4, 0.5) is 4.79 Å². The Kier molecular flexibility index (Phi) is 7.22. The summed E-state index contributed by atoms with van der Waals surface area (Å²) in [5.41, 5.74) is 1.22. The summed E-state index contributed by atoms with van der Waals surface area (Å²) >= 11 is 3.39. The summed E-state index contributed by atoms with van der Waals surface area (Å²) in [7, 11) is 1.60. The van der Waals surface area contributed by atoms with E-state index in [9.17, 15) is 9.59 Å². The van der Waals surface area contributed by atoms with Gasteiger partial charge in [-0.1, -0.05) is 28.1 Å². The minimum absolute atomic E-state index is 0.0356. The average molecular weight is 357 g/mol. The number of aryl methyl sites for hydroxylation is 1. The first-order chi connectivity index (χ1) is 9.88. The first kappa shape index (κ1) is 17.5. The molecule has 1 atom stereocenters. The summed E-state index contributed by atoms with van der Waals surface area (Å²) in [5.74, 6) is -0.905. The van der Waals surface area contributed by atoms with Gasteiger partial charge >= 0.3 is 12.0 Å². The average Bonchev–Trinajstić information content (AvgIpc) is 2.44. The number of carbonyl (C=O) groups is 2. The zero-order valence-corrected chi connectivity index (χ0v) is 13.9. The molecule has 0 saturated heterocycles. The van der Waals surface area contributed by atoms with Crippen molar-refractivity contribution in [2.75, 3.05) is 13.6 Å². The minimum Gasteiger partial charge on any atom is -0.481 e. The van der Waals surface area contributed by atoms with Crippen LogP contribution in [-0.2, 0) is 11.2 Å². The van der Waals surface area contributed by atoms with Gasteiger partial charge in [0.15, 0.2) is 0 Å². The normalized spacial score (nSPS) is 11.8. The molecule has 21 heavy (non-hydrogen) atoms. The number of nitrogens with one attached hydrogen (secondary N) is 1. The fourth-order valence-electron chi connectivity index (χ4n) is 1.79. The van der Waals surface area contributed by atoms with Crippen molar-refractivity contribution in [1.82, 2.24) is 10.2 Å². The Hall–Kier alpha value is -1.56. The van der Waals surface area contributed by atoms with Crippen LogP contribution in [0.1, 0.15) is 25.3 Å². The van der Waals surface area contributed by atoms with Crippen molar-refractivity contribution in [2.45, 2.75) is 32.2 Å². The molecule has 116 valence electrons. The highest BCUT2D eigenvalue weighted by atomic mass is 79.9. The molecule has 2 N–H and O–H groups in total. The van der Waals surface area contributed by atoms with Gasteiger partial charge in [0, 0.05) is 24.1 Å². The Morgan fingerprint density at radius 2 is 1.95 bits per heavy atom. The lowest BCUT2D eigenvalue weighted by molar-refractivity contribution is -0.137. The zero-order chi connectivity index (χ0) is 15.8. The molecule has 0 radical (unpaired) electrons. The van der Waals surface area contributed by atoms with Gasteiger partial charge in [0.1, 0.15) is 0 Å². The van der Waals surface area contributed by atoms with Crippen molar-refractivity contribution >= 4 is 27.9 Å². The third kappa shape index (κ3) is 7.13. The molecule has 0 heterocycles. The largest absolute Gasteiger partial charge is 0.481 e. The van der Waals surface area contributed by atoms with Gasteiger partial charge in [-0.2, -0.15) is 0 Å². The number of halogens is 1. The molecule has 0 aliphatic heterocycles. The van der Waals surface area contributed by atoms with Crippen LogP contribution >= 0.6 is 15.9 Å². The number of nitrogens with zero attached hydrogens (tertiary/aromatic N) is 1. The van der Waals surface area contributed by atoms with Crippen LogP contribution in [0.25, 0.3) is 0 Å². The van der Waals surface area contributed by atoms with E-state index in [2.05, 4.69) is 33.4 Å². The standard InChI is InChI=1S/C15H21BrN2O3/c1-11(3-4-12-5-7-13(16)8-6-12)17-15(21)18(2)10-9-14(19)20/h5-8,11H,3-4,9-10H2,1-2H3,(H,17,21)(H,19,20). The summed E-state index contributed by atoms with van der Waals surface area (Å²) in [6.07, 6.45) is 1.67. The maximum Gasteiger partial charge on any atom is 0.317 e. The van der Waals surface area contributed by atoms with E-state index < -0.39 is 5.97 Å². The van der Waals surface area contributed by atoms with Gasteiger partial charge in [0.25, 0.3) is 0 Å². The number of amides is 2. The molecule has 0 saturated carbocycles. The number of benzene rings is 1. The number of rotatable bonds is 7. The quantitative estimate of drug-likeness (QED) is 0.788. The number of carbonyl (C=O) groups excluding carboxylic acids is 1. The molecule has 0 aromatic heterocycles. The minimum atomic E-state index is -0.905. The second kappa shape index (κ2) is 8.67. The van der Waals surface area contributed by atoms with Gasteiger partial charge in [-0.05, 0) is 37.5 Å². The van der Waals surface area contributed by atoms with Crippen LogP contribution in [0, 0.1) is 0 Å². The highest BCUT2D eigenvalue weighted by Gasteiger charge is 2.12. The number of hydrogen-bond acceptors (Lipinski definition) is 2. The number of hydrogen-bond donors (Lipinski definition) is 2. The van der Waals surface area contributed by atoms with E-state index in [-0.39, 0.29) is 25.0 Å². The lowest BCUT2D eigenvalue weighted by Crippen LogP contribution is -2.42. The molecule has 0 fully saturated rings. The molecular weight excluding hydrogens is 336 g/mol. The molecule has 6 heteroatoms. The molecule has 5 nitrogen and oxygen atoms in total. The summed E-state index contributed by atoms with van der Waals surface area (Å²) < 4.78 is 1.05. The van der Waals surface area contributed by atoms with E-state index in [1.807, 2.05) is 19.1 Å². The van der Waals surface area contributed by atoms with Crippen LogP contribution in [0.5, 0.6) is 0 Å². The van der Waals surface area contributed by atoms with Crippen molar-refractivity contribution in [3.8, 4) is 0 Å². The first-order valence-corrected chi connectivity index (χ1v) is 7.65. The Morgan fingerprint density at radius 1 is 1.33 bits per heavy atom. The highest BCUT2D eigenvalue weighted by Crippen LogP contribution is 2.12. The second-order valence-electron chi connectivity index (χ2n) is 5.08. The Balaban J connectivity index is 2.32. The van der Waals surface area contributed by atoms with Gasteiger partial charge in [-0.15, -0.1) is 0 Å². The van der Waals surface area contributed by atoms with Crippen molar-refractivity contribution in [2.24, 2.45) is 0 Å². The van der Waals surface area contributed by atoms with Crippen LogP contribution in [-0.4, -0.2) is 41.6 Å². The van der Waals surface area contributed by atoms with E-state index in [1.165, 1.54) is 10.5 Å². The predicted octanol–water partition coefficient (Wildman–Crippen LogP) is 2.89. The lowest BCUT2D eigenvalue weighted by Gasteiger charge is -2.20. The molecule has 2 amide bonds. The van der Waals surface area contributed by atoms with Crippen LogP contribution < -0.4 is 5.32 Å². The van der Waals surface area contributed by atoms with Crippen molar-refractivity contribution in [3.63, 3.8) is 0 Å². The van der Waals surface area contributed by atoms with E-state index in [0.29, 0.717) is 0 Å². The summed E-state index contributed by atoms with van der Waals surface area (Å²) in [6, 6.07) is 7.90. The fraction of sp³-hybridized carbons (Fsp3) is 0.467. The fourth-order valence-corrected chi connectivity index (χ4v) is 2.06. The molecule has 1 unspecified atom stereocenters. The van der Waals surface area contributed by atoms with E-state index in [4.69, 9.17) is 5.11 Å². The molecule has 0 bridgehead atoms. The SMILES string of the molecule is CC(CCc1ccc(Br)cc1)NC(=O)N(C)CCC(=O)O. The van der Waals surface area contributed by atoms with Gasteiger partial charge in [0.2, 0.25) is 0 Å². The van der Waals surface area contributed by atoms with Crippen LogP contribution in [0.15, 0.2) is 28.7 Å². The van der Waals surface area contributed by atoms with E-state index in [0.717, 1.165) is 17.3 Å². The predicted molar refractivity (Wildman–Crippen MR) is 85.3 cm³/mol. The summed E-state index contributed by atoms with van der Waals surface area (Å²) in [4.78, 5) is 23.7. The summed E-state index contributed by atoms with van der Waals surface area (Å²) in [5, 5.41) is 11.5. The first-order valence-electron chi connectivity index (χ1n) is 6.86. The van der Waals surface area contributed by atoms with Crippen molar-refractivity contribution < 1.29 is 14.7 Å². The van der Waals surface area contributed by atoms with E-state index in [1.54, 1.807) is 7.05 Å². The molecule has 0 aliphatic carbocycles. The molecule has 0 spiro atoms. The topological polar surface area (TPSA) is 69.6 Å². The molecule has 1 aromatic carbocycles. The van der Waals surface area contributed by atoms with Gasteiger partial charge in [0.05, 0.1) is 6.42 Å². The third-order valence-corrected chi connectivity index (χ3v) is 3.69. The monoisotopic (exact) mass is 356 g/mol.